The van der Waals surface area contributed by atoms with E-state index in [1.165, 1.54) is 11.9 Å². The number of amides is 1. The summed E-state index contributed by atoms with van der Waals surface area (Å²) in [6.45, 7) is 4.59. The van der Waals surface area contributed by atoms with Gasteiger partial charge in [0.05, 0.1) is 12.3 Å². The van der Waals surface area contributed by atoms with Crippen molar-refractivity contribution in [1.29, 1.82) is 0 Å². The summed E-state index contributed by atoms with van der Waals surface area (Å²) in [6, 6.07) is 24.6. The maximum Gasteiger partial charge on any atom is 0.255 e. The molecule has 1 heterocycles. The van der Waals surface area contributed by atoms with Crippen LogP contribution < -0.4 is 15.4 Å². The van der Waals surface area contributed by atoms with Gasteiger partial charge in [-0.3, -0.25) is 4.79 Å². The van der Waals surface area contributed by atoms with Crippen LogP contribution in [0.2, 0.25) is 0 Å². The molecule has 0 saturated heterocycles. The highest BCUT2D eigenvalue weighted by molar-refractivity contribution is 6.04. The smallest absolute Gasteiger partial charge is 0.255 e. The Balaban J connectivity index is 1.41. The topological polar surface area (TPSA) is 76.1 Å². The molecule has 32 heavy (non-hydrogen) atoms. The lowest BCUT2D eigenvalue weighted by atomic mass is 10.1. The Bertz CT molecular complexity index is 1190. The van der Waals surface area contributed by atoms with Gasteiger partial charge in [0.25, 0.3) is 5.91 Å². The molecule has 0 spiro atoms. The molecule has 0 radical (unpaired) electrons. The van der Waals surface area contributed by atoms with Crippen molar-refractivity contribution in [1.82, 2.24) is 9.97 Å². The number of carbonyl (C=O) groups excluding carboxylic acids is 1. The van der Waals surface area contributed by atoms with Gasteiger partial charge in [0.2, 0.25) is 0 Å². The van der Waals surface area contributed by atoms with Crippen molar-refractivity contribution in [2.24, 2.45) is 0 Å². The Kier molecular flexibility index (Phi) is 6.41. The number of anilines is 3. The molecule has 4 aromatic rings. The number of hydrogen-bond donors (Lipinski definition) is 2. The number of nitrogens with zero attached hydrogens (tertiary/aromatic N) is 2. The van der Waals surface area contributed by atoms with Gasteiger partial charge in [0.1, 0.15) is 17.9 Å². The van der Waals surface area contributed by atoms with Gasteiger partial charge in [-0.2, -0.15) is 0 Å². The van der Waals surface area contributed by atoms with Gasteiger partial charge < -0.3 is 15.4 Å². The minimum atomic E-state index is -0.176. The standard InChI is InChI=1S/C26H24N4O2/c1-3-32-23-14-12-22(13-15-23)30-26(31)20-8-10-21(11-9-20)29-25-16-24(27-17-28-25)19-6-4-18(2)5-7-19/h4-17H,3H2,1-2H3,(H,30,31)(H,27,28,29). The van der Waals surface area contributed by atoms with Gasteiger partial charge in [0.15, 0.2) is 0 Å². The normalized spacial score (nSPS) is 10.4. The summed E-state index contributed by atoms with van der Waals surface area (Å²) >= 11 is 0. The van der Waals surface area contributed by atoms with Crippen LogP contribution in [-0.4, -0.2) is 22.5 Å². The third-order valence-corrected chi connectivity index (χ3v) is 4.86. The SMILES string of the molecule is CCOc1ccc(NC(=O)c2ccc(Nc3cc(-c4ccc(C)cc4)ncn3)cc2)cc1. The Labute approximate surface area is 187 Å². The van der Waals surface area contributed by atoms with Crippen LogP contribution in [0.4, 0.5) is 17.2 Å². The second-order valence-corrected chi connectivity index (χ2v) is 7.27. The Morgan fingerprint density at radius 2 is 1.56 bits per heavy atom. The van der Waals surface area contributed by atoms with E-state index in [0.29, 0.717) is 23.7 Å². The Hall–Kier alpha value is -4.19. The Morgan fingerprint density at radius 1 is 0.875 bits per heavy atom. The number of aryl methyl sites for hydroxylation is 1. The van der Waals surface area contributed by atoms with E-state index in [9.17, 15) is 4.79 Å². The van der Waals surface area contributed by atoms with Gasteiger partial charge in [-0.05, 0) is 62.4 Å². The molecule has 0 fully saturated rings. The molecule has 2 N–H and O–H groups in total. The van der Waals surface area contributed by atoms with Crippen LogP contribution in [0.25, 0.3) is 11.3 Å². The van der Waals surface area contributed by atoms with Crippen molar-refractivity contribution in [3.8, 4) is 17.0 Å². The second-order valence-electron chi connectivity index (χ2n) is 7.27. The highest BCUT2D eigenvalue weighted by Gasteiger charge is 2.07. The highest BCUT2D eigenvalue weighted by Crippen LogP contribution is 2.22. The van der Waals surface area contributed by atoms with E-state index in [1.807, 2.05) is 61.5 Å². The van der Waals surface area contributed by atoms with Gasteiger partial charge in [-0.1, -0.05) is 29.8 Å². The molecule has 0 unspecified atom stereocenters. The van der Waals surface area contributed by atoms with Gasteiger partial charge in [-0.25, -0.2) is 9.97 Å². The summed E-state index contributed by atoms with van der Waals surface area (Å²) in [6.07, 6.45) is 1.54. The first-order valence-electron chi connectivity index (χ1n) is 10.4. The molecule has 6 nitrogen and oxygen atoms in total. The third kappa shape index (κ3) is 5.29. The van der Waals surface area contributed by atoms with E-state index in [1.54, 1.807) is 12.1 Å². The number of ether oxygens (including phenoxy) is 1. The maximum atomic E-state index is 12.5. The van der Waals surface area contributed by atoms with Crippen LogP contribution in [0.5, 0.6) is 5.75 Å². The molecule has 160 valence electrons. The summed E-state index contributed by atoms with van der Waals surface area (Å²) in [7, 11) is 0. The molecule has 6 heteroatoms. The van der Waals surface area contributed by atoms with Crippen molar-refractivity contribution < 1.29 is 9.53 Å². The van der Waals surface area contributed by atoms with Crippen molar-refractivity contribution in [2.45, 2.75) is 13.8 Å². The molecule has 0 aliphatic heterocycles. The summed E-state index contributed by atoms with van der Waals surface area (Å²) < 4.78 is 5.42. The molecule has 0 aliphatic carbocycles. The molecule has 0 saturated carbocycles. The maximum absolute atomic E-state index is 12.5. The summed E-state index contributed by atoms with van der Waals surface area (Å²) in [5.41, 5.74) is 5.18. The minimum Gasteiger partial charge on any atom is -0.494 e. The molecular formula is C26H24N4O2. The van der Waals surface area contributed by atoms with Crippen LogP contribution in [-0.2, 0) is 0 Å². The fraction of sp³-hybridized carbons (Fsp3) is 0.115. The summed E-state index contributed by atoms with van der Waals surface area (Å²) in [5.74, 6) is 1.28. The van der Waals surface area contributed by atoms with Gasteiger partial charge >= 0.3 is 0 Å². The first kappa shape index (κ1) is 21.1. The van der Waals surface area contributed by atoms with Crippen LogP contribution >= 0.6 is 0 Å². The lowest BCUT2D eigenvalue weighted by molar-refractivity contribution is 0.102. The van der Waals surface area contributed by atoms with Crippen LogP contribution in [0, 0.1) is 6.92 Å². The fourth-order valence-electron chi connectivity index (χ4n) is 3.17. The molecule has 0 atom stereocenters. The minimum absolute atomic E-state index is 0.176. The average Bonchev–Trinajstić information content (AvgIpc) is 2.82. The highest BCUT2D eigenvalue weighted by atomic mass is 16.5. The number of benzene rings is 3. The predicted octanol–water partition coefficient (Wildman–Crippen LogP) is 5.85. The zero-order valence-electron chi connectivity index (χ0n) is 18.0. The second kappa shape index (κ2) is 9.75. The lowest BCUT2D eigenvalue weighted by Crippen LogP contribution is -2.11. The molecular weight excluding hydrogens is 400 g/mol. The number of aromatic nitrogens is 2. The number of rotatable bonds is 7. The quantitative estimate of drug-likeness (QED) is 0.389. The average molecular weight is 425 g/mol. The number of nitrogens with one attached hydrogen (secondary N) is 2. The lowest BCUT2D eigenvalue weighted by Gasteiger charge is -2.09. The zero-order chi connectivity index (χ0) is 22.3. The van der Waals surface area contributed by atoms with E-state index < -0.39 is 0 Å². The van der Waals surface area contributed by atoms with Crippen LogP contribution in [0.3, 0.4) is 0 Å². The Morgan fingerprint density at radius 3 is 2.25 bits per heavy atom. The molecule has 1 amide bonds. The van der Waals surface area contributed by atoms with Gasteiger partial charge in [0, 0.05) is 28.6 Å². The summed E-state index contributed by atoms with van der Waals surface area (Å²) in [4.78, 5) is 21.2. The van der Waals surface area contributed by atoms with Crippen molar-refractivity contribution >= 4 is 23.1 Å². The van der Waals surface area contributed by atoms with Crippen molar-refractivity contribution in [3.05, 3.63) is 96.3 Å². The van der Waals surface area contributed by atoms with Crippen LogP contribution in [0.15, 0.2) is 85.2 Å². The van der Waals surface area contributed by atoms with Crippen LogP contribution in [0.1, 0.15) is 22.8 Å². The van der Waals surface area contributed by atoms with Crippen molar-refractivity contribution in [3.63, 3.8) is 0 Å². The molecule has 3 aromatic carbocycles. The van der Waals surface area contributed by atoms with Gasteiger partial charge in [-0.15, -0.1) is 0 Å². The first-order valence-corrected chi connectivity index (χ1v) is 10.4. The third-order valence-electron chi connectivity index (χ3n) is 4.86. The van der Waals surface area contributed by atoms with E-state index in [4.69, 9.17) is 4.74 Å². The zero-order valence-corrected chi connectivity index (χ0v) is 18.0. The number of hydrogen-bond acceptors (Lipinski definition) is 5. The van der Waals surface area contributed by atoms with E-state index in [2.05, 4.69) is 39.7 Å². The monoisotopic (exact) mass is 424 g/mol. The van der Waals surface area contributed by atoms with E-state index in [-0.39, 0.29) is 5.91 Å². The molecule has 0 aliphatic rings. The van der Waals surface area contributed by atoms with E-state index in [0.717, 1.165) is 22.7 Å². The van der Waals surface area contributed by atoms with E-state index >= 15 is 0 Å². The molecule has 1 aromatic heterocycles. The fourth-order valence-corrected chi connectivity index (χ4v) is 3.17. The predicted molar refractivity (Wildman–Crippen MR) is 127 cm³/mol. The van der Waals surface area contributed by atoms with Crippen molar-refractivity contribution in [2.75, 3.05) is 17.2 Å². The first-order chi connectivity index (χ1) is 15.6. The molecule has 4 rings (SSSR count). The molecule has 0 bridgehead atoms. The largest absolute Gasteiger partial charge is 0.494 e. The summed E-state index contributed by atoms with van der Waals surface area (Å²) in [5, 5.41) is 6.15. The number of carbonyl (C=O) groups is 1.